The second kappa shape index (κ2) is 3.56. The van der Waals surface area contributed by atoms with Gasteiger partial charge in [0.15, 0.2) is 0 Å². The maximum atomic E-state index is 4.49. The topological polar surface area (TPSA) is 12.9 Å². The van der Waals surface area contributed by atoms with E-state index in [2.05, 4.69) is 41.4 Å². The van der Waals surface area contributed by atoms with Crippen LogP contribution in [-0.2, 0) is 6.42 Å². The maximum absolute atomic E-state index is 4.49. The fourth-order valence-electron chi connectivity index (χ4n) is 1.52. The molecule has 0 N–H and O–H groups in total. The lowest BCUT2D eigenvalue weighted by Crippen LogP contribution is -1.95. The van der Waals surface area contributed by atoms with Crippen LogP contribution >= 0.6 is 0 Å². The molecule has 0 unspecified atom stereocenters. The van der Waals surface area contributed by atoms with Gasteiger partial charge in [-0.3, -0.25) is 4.98 Å². The first-order valence-corrected chi connectivity index (χ1v) is 4.66. The zero-order valence-corrected chi connectivity index (χ0v) is 7.83. The van der Waals surface area contributed by atoms with Crippen LogP contribution in [0.25, 0.3) is 6.08 Å². The molecule has 66 valence electrons. The Morgan fingerprint density at radius 2 is 2.15 bits per heavy atom. The van der Waals surface area contributed by atoms with Gasteiger partial charge in [-0.15, -0.1) is 0 Å². The van der Waals surface area contributed by atoms with E-state index in [1.807, 2.05) is 6.92 Å². The SMILES string of the molecule is Cc1ccc2c(n1)/C=C\C=C/CC2. The molecule has 0 spiro atoms. The minimum Gasteiger partial charge on any atom is -0.253 e. The first-order chi connectivity index (χ1) is 6.36. The molecule has 0 fully saturated rings. The highest BCUT2D eigenvalue weighted by molar-refractivity contribution is 5.52. The van der Waals surface area contributed by atoms with Gasteiger partial charge in [0, 0.05) is 5.69 Å². The molecule has 1 aromatic rings. The first kappa shape index (κ1) is 8.24. The van der Waals surface area contributed by atoms with Crippen molar-refractivity contribution in [1.29, 1.82) is 0 Å². The number of nitrogens with zero attached hydrogens (tertiary/aromatic N) is 1. The average molecular weight is 171 g/mol. The molecule has 0 saturated heterocycles. The van der Waals surface area contributed by atoms with Crippen LogP contribution < -0.4 is 0 Å². The lowest BCUT2D eigenvalue weighted by Gasteiger charge is -2.06. The van der Waals surface area contributed by atoms with Gasteiger partial charge in [0.05, 0.1) is 5.69 Å². The largest absolute Gasteiger partial charge is 0.253 e. The molecule has 1 aliphatic carbocycles. The normalized spacial score (nSPS) is 19.8. The van der Waals surface area contributed by atoms with Gasteiger partial charge in [0.2, 0.25) is 0 Å². The van der Waals surface area contributed by atoms with E-state index in [-0.39, 0.29) is 0 Å². The van der Waals surface area contributed by atoms with Gasteiger partial charge in [-0.2, -0.15) is 0 Å². The molecule has 2 rings (SSSR count). The molecule has 0 aliphatic heterocycles. The number of rotatable bonds is 0. The Bertz CT molecular complexity index is 361. The van der Waals surface area contributed by atoms with Crippen LogP contribution in [-0.4, -0.2) is 4.98 Å². The van der Waals surface area contributed by atoms with Gasteiger partial charge in [0.1, 0.15) is 0 Å². The lowest BCUT2D eigenvalue weighted by molar-refractivity contribution is 0.970. The number of hydrogen-bond acceptors (Lipinski definition) is 1. The molecule has 0 amide bonds. The van der Waals surface area contributed by atoms with Crippen molar-refractivity contribution < 1.29 is 0 Å². The number of pyridine rings is 1. The van der Waals surface area contributed by atoms with E-state index >= 15 is 0 Å². The standard InChI is InChI=1S/C12H13N/c1-10-8-9-11-6-4-2-3-5-7-12(11)13-10/h2-3,5,7-9H,4,6H2,1H3/b3-2-,7-5-. The Morgan fingerprint density at radius 3 is 3.08 bits per heavy atom. The van der Waals surface area contributed by atoms with Crippen molar-refractivity contribution in [3.63, 3.8) is 0 Å². The molecule has 0 radical (unpaired) electrons. The van der Waals surface area contributed by atoms with Crippen LogP contribution in [0.2, 0.25) is 0 Å². The summed E-state index contributed by atoms with van der Waals surface area (Å²) in [7, 11) is 0. The predicted molar refractivity (Wildman–Crippen MR) is 55.5 cm³/mol. The van der Waals surface area contributed by atoms with Crippen LogP contribution in [0.1, 0.15) is 23.4 Å². The molecule has 0 atom stereocenters. The highest BCUT2D eigenvalue weighted by Crippen LogP contribution is 2.14. The van der Waals surface area contributed by atoms with E-state index in [0.717, 1.165) is 24.2 Å². The van der Waals surface area contributed by atoms with Crippen molar-refractivity contribution in [2.45, 2.75) is 19.8 Å². The van der Waals surface area contributed by atoms with Crippen LogP contribution in [0.5, 0.6) is 0 Å². The summed E-state index contributed by atoms with van der Waals surface area (Å²) in [5, 5.41) is 0. The van der Waals surface area contributed by atoms with Crippen LogP contribution in [0.15, 0.2) is 30.4 Å². The zero-order chi connectivity index (χ0) is 9.10. The van der Waals surface area contributed by atoms with E-state index in [1.54, 1.807) is 0 Å². The highest BCUT2D eigenvalue weighted by Gasteiger charge is 2.01. The molecule has 1 aromatic heterocycles. The van der Waals surface area contributed by atoms with Crippen molar-refractivity contribution in [2.24, 2.45) is 0 Å². The van der Waals surface area contributed by atoms with E-state index in [1.165, 1.54) is 5.56 Å². The average Bonchev–Trinajstić information content (AvgIpc) is 2.08. The Morgan fingerprint density at radius 1 is 1.23 bits per heavy atom. The monoisotopic (exact) mass is 171 g/mol. The third kappa shape index (κ3) is 1.86. The number of hydrogen-bond donors (Lipinski definition) is 0. The molecular weight excluding hydrogens is 158 g/mol. The van der Waals surface area contributed by atoms with Crippen molar-refractivity contribution in [2.75, 3.05) is 0 Å². The quantitative estimate of drug-likeness (QED) is 0.585. The molecular formula is C12H13N. The fourth-order valence-corrected chi connectivity index (χ4v) is 1.52. The van der Waals surface area contributed by atoms with E-state index in [9.17, 15) is 0 Å². The molecule has 1 nitrogen and oxygen atoms in total. The van der Waals surface area contributed by atoms with Gasteiger partial charge in [-0.25, -0.2) is 0 Å². The molecule has 0 bridgehead atoms. The minimum atomic E-state index is 1.09. The lowest BCUT2D eigenvalue weighted by atomic mass is 10.0. The Kier molecular flexibility index (Phi) is 2.26. The fraction of sp³-hybridized carbons (Fsp3) is 0.250. The number of allylic oxidation sites excluding steroid dienone is 3. The highest BCUT2D eigenvalue weighted by atomic mass is 14.7. The van der Waals surface area contributed by atoms with Gasteiger partial charge < -0.3 is 0 Å². The number of aromatic nitrogens is 1. The molecule has 1 heterocycles. The van der Waals surface area contributed by atoms with Gasteiger partial charge in [0.25, 0.3) is 0 Å². The summed E-state index contributed by atoms with van der Waals surface area (Å²) in [5.41, 5.74) is 3.57. The smallest absolute Gasteiger partial charge is 0.0664 e. The minimum absolute atomic E-state index is 1.09. The van der Waals surface area contributed by atoms with Gasteiger partial charge >= 0.3 is 0 Å². The third-order valence-electron chi connectivity index (χ3n) is 2.23. The summed E-state index contributed by atoms with van der Waals surface area (Å²) < 4.78 is 0. The Balaban J connectivity index is 2.46. The summed E-state index contributed by atoms with van der Waals surface area (Å²) in [6.07, 6.45) is 10.6. The second-order valence-electron chi connectivity index (χ2n) is 3.32. The summed E-state index contributed by atoms with van der Waals surface area (Å²) >= 11 is 0. The predicted octanol–water partition coefficient (Wildman–Crippen LogP) is 2.91. The molecule has 1 heteroatoms. The van der Waals surface area contributed by atoms with Crippen molar-refractivity contribution >= 4 is 6.08 Å². The van der Waals surface area contributed by atoms with Crippen molar-refractivity contribution in [3.05, 3.63) is 47.3 Å². The zero-order valence-electron chi connectivity index (χ0n) is 7.83. The molecule has 1 aliphatic rings. The second-order valence-corrected chi connectivity index (χ2v) is 3.32. The van der Waals surface area contributed by atoms with Crippen molar-refractivity contribution in [1.82, 2.24) is 4.98 Å². The third-order valence-corrected chi connectivity index (χ3v) is 2.23. The van der Waals surface area contributed by atoms with Crippen LogP contribution in [0.4, 0.5) is 0 Å². The summed E-state index contributed by atoms with van der Waals surface area (Å²) in [6.45, 7) is 2.03. The van der Waals surface area contributed by atoms with E-state index < -0.39 is 0 Å². The van der Waals surface area contributed by atoms with Gasteiger partial charge in [-0.1, -0.05) is 24.3 Å². The van der Waals surface area contributed by atoms with Crippen LogP contribution in [0.3, 0.4) is 0 Å². The summed E-state index contributed by atoms with van der Waals surface area (Å²) in [5.74, 6) is 0. The first-order valence-electron chi connectivity index (χ1n) is 4.66. The Labute approximate surface area is 78.8 Å². The summed E-state index contributed by atoms with van der Waals surface area (Å²) in [6, 6.07) is 4.26. The number of aryl methyl sites for hydroxylation is 2. The Hall–Kier alpha value is -1.37. The van der Waals surface area contributed by atoms with E-state index in [0.29, 0.717) is 0 Å². The molecule has 0 aromatic carbocycles. The molecule has 13 heavy (non-hydrogen) atoms. The number of fused-ring (bicyclic) bond motifs is 1. The van der Waals surface area contributed by atoms with Crippen LogP contribution in [0, 0.1) is 6.92 Å². The van der Waals surface area contributed by atoms with Crippen molar-refractivity contribution in [3.8, 4) is 0 Å². The van der Waals surface area contributed by atoms with Gasteiger partial charge in [-0.05, 0) is 37.5 Å². The molecule has 0 saturated carbocycles. The maximum Gasteiger partial charge on any atom is 0.0664 e. The van der Waals surface area contributed by atoms with E-state index in [4.69, 9.17) is 0 Å². The summed E-state index contributed by atoms with van der Waals surface area (Å²) in [4.78, 5) is 4.49.